The molecule has 1 unspecified atom stereocenters. The lowest BCUT2D eigenvalue weighted by molar-refractivity contribution is 0.415. The summed E-state index contributed by atoms with van der Waals surface area (Å²) in [7, 11) is 0. The van der Waals surface area contributed by atoms with E-state index in [1.165, 1.54) is 4.70 Å². The fraction of sp³-hybridized carbons (Fsp3) is 0.222. The van der Waals surface area contributed by atoms with Crippen LogP contribution >= 0.6 is 11.3 Å². The lowest BCUT2D eigenvalue weighted by Crippen LogP contribution is -1.74. The van der Waals surface area contributed by atoms with Crippen LogP contribution in [0, 0.1) is 0 Å². The highest BCUT2D eigenvalue weighted by atomic mass is 32.1. The van der Waals surface area contributed by atoms with Gasteiger partial charge in [-0.3, -0.25) is 0 Å². The summed E-state index contributed by atoms with van der Waals surface area (Å²) in [5.41, 5.74) is 1.09. The van der Waals surface area contributed by atoms with Crippen molar-refractivity contribution in [2.75, 3.05) is 6.61 Å². The van der Waals surface area contributed by atoms with Gasteiger partial charge >= 0.3 is 0 Å². The molecule has 3 rings (SSSR count). The number of epoxide rings is 1. The van der Waals surface area contributed by atoms with E-state index >= 15 is 0 Å². The van der Waals surface area contributed by atoms with E-state index in [9.17, 15) is 0 Å². The number of hydrogen-bond donors (Lipinski definition) is 0. The number of rotatable bonds is 1. The molecule has 1 atom stereocenters. The van der Waals surface area contributed by atoms with Crippen molar-refractivity contribution in [2.45, 2.75) is 6.10 Å². The number of aromatic nitrogens is 1. The van der Waals surface area contributed by atoms with Gasteiger partial charge in [0.2, 0.25) is 0 Å². The minimum absolute atomic E-state index is 0.294. The minimum atomic E-state index is 0.294. The van der Waals surface area contributed by atoms with Crippen LogP contribution in [0.2, 0.25) is 0 Å². The summed E-state index contributed by atoms with van der Waals surface area (Å²) in [5.74, 6) is 0. The van der Waals surface area contributed by atoms with Crippen molar-refractivity contribution in [3.63, 3.8) is 0 Å². The molecule has 0 bridgehead atoms. The molecule has 1 aromatic heterocycles. The SMILES string of the molecule is c1ccc2sc(C3CO3)nc2c1. The van der Waals surface area contributed by atoms with Crippen molar-refractivity contribution in [1.82, 2.24) is 4.98 Å². The molecule has 12 heavy (non-hydrogen) atoms. The molecule has 1 aromatic carbocycles. The first-order valence-corrected chi connectivity index (χ1v) is 4.72. The summed E-state index contributed by atoms with van der Waals surface area (Å²) in [6.07, 6.45) is 0.294. The quantitative estimate of drug-likeness (QED) is 0.625. The second-order valence-electron chi connectivity index (χ2n) is 2.84. The fourth-order valence-corrected chi connectivity index (χ4v) is 2.22. The molecule has 0 N–H and O–H groups in total. The molecule has 0 aliphatic carbocycles. The zero-order chi connectivity index (χ0) is 7.97. The Bertz CT molecular complexity index is 386. The van der Waals surface area contributed by atoms with E-state index in [0.717, 1.165) is 17.1 Å². The van der Waals surface area contributed by atoms with E-state index in [-0.39, 0.29) is 0 Å². The zero-order valence-electron chi connectivity index (χ0n) is 6.36. The van der Waals surface area contributed by atoms with Gasteiger partial charge in [0.15, 0.2) is 0 Å². The van der Waals surface area contributed by atoms with Crippen LogP contribution in [0.25, 0.3) is 10.2 Å². The summed E-state index contributed by atoms with van der Waals surface area (Å²) in [6, 6.07) is 8.19. The third-order valence-electron chi connectivity index (χ3n) is 1.92. The van der Waals surface area contributed by atoms with Crippen molar-refractivity contribution in [3.05, 3.63) is 29.3 Å². The molecular weight excluding hydrogens is 170 g/mol. The standard InChI is InChI=1S/C9H7NOS/c1-2-4-8-6(3-1)10-9(12-8)7-5-11-7/h1-4,7H,5H2. The summed E-state index contributed by atoms with van der Waals surface area (Å²) >= 11 is 1.73. The molecule has 2 aromatic rings. The third-order valence-corrected chi connectivity index (χ3v) is 3.05. The molecule has 0 radical (unpaired) electrons. The number of fused-ring (bicyclic) bond motifs is 1. The lowest BCUT2D eigenvalue weighted by atomic mass is 10.3. The first kappa shape index (κ1) is 6.57. The molecule has 1 saturated heterocycles. The number of para-hydroxylation sites is 1. The fourth-order valence-electron chi connectivity index (χ4n) is 1.22. The van der Waals surface area contributed by atoms with E-state index in [0.29, 0.717) is 6.10 Å². The molecule has 0 amide bonds. The Kier molecular flexibility index (Phi) is 1.25. The normalized spacial score (nSPS) is 21.5. The molecule has 0 saturated carbocycles. The Labute approximate surface area is 73.8 Å². The van der Waals surface area contributed by atoms with Gasteiger partial charge in [0, 0.05) is 0 Å². The first-order valence-electron chi connectivity index (χ1n) is 3.90. The highest BCUT2D eigenvalue weighted by Gasteiger charge is 2.28. The van der Waals surface area contributed by atoms with Gasteiger partial charge in [-0.15, -0.1) is 11.3 Å². The van der Waals surface area contributed by atoms with Crippen LogP contribution in [0.1, 0.15) is 11.1 Å². The van der Waals surface area contributed by atoms with Gasteiger partial charge in [-0.25, -0.2) is 4.98 Å². The van der Waals surface area contributed by atoms with E-state index in [1.54, 1.807) is 11.3 Å². The summed E-state index contributed by atoms with van der Waals surface area (Å²) < 4.78 is 6.42. The number of hydrogen-bond acceptors (Lipinski definition) is 3. The van der Waals surface area contributed by atoms with Crippen molar-refractivity contribution in [3.8, 4) is 0 Å². The van der Waals surface area contributed by atoms with Gasteiger partial charge in [0.25, 0.3) is 0 Å². The average molecular weight is 177 g/mol. The van der Waals surface area contributed by atoms with Gasteiger partial charge in [0.1, 0.15) is 11.1 Å². The summed E-state index contributed by atoms with van der Waals surface area (Å²) in [5, 5.41) is 1.12. The van der Waals surface area contributed by atoms with Crippen LogP contribution in [0.5, 0.6) is 0 Å². The van der Waals surface area contributed by atoms with Crippen molar-refractivity contribution in [1.29, 1.82) is 0 Å². The number of nitrogens with zero attached hydrogens (tertiary/aromatic N) is 1. The van der Waals surface area contributed by atoms with Gasteiger partial charge < -0.3 is 4.74 Å². The lowest BCUT2D eigenvalue weighted by Gasteiger charge is -1.80. The van der Waals surface area contributed by atoms with Gasteiger partial charge in [-0.2, -0.15) is 0 Å². The maximum Gasteiger partial charge on any atom is 0.132 e. The van der Waals surface area contributed by atoms with Crippen molar-refractivity contribution < 1.29 is 4.74 Å². The average Bonchev–Trinajstić information content (AvgIpc) is 2.85. The highest BCUT2D eigenvalue weighted by molar-refractivity contribution is 7.18. The topological polar surface area (TPSA) is 25.4 Å². The van der Waals surface area contributed by atoms with E-state index in [2.05, 4.69) is 11.1 Å². The predicted octanol–water partition coefficient (Wildman–Crippen LogP) is 2.37. The molecule has 1 fully saturated rings. The zero-order valence-corrected chi connectivity index (χ0v) is 7.17. The maximum atomic E-state index is 5.17. The van der Waals surface area contributed by atoms with Gasteiger partial charge in [-0.05, 0) is 12.1 Å². The van der Waals surface area contributed by atoms with Gasteiger partial charge in [0.05, 0.1) is 16.8 Å². The molecule has 2 heterocycles. The highest BCUT2D eigenvalue weighted by Crippen LogP contribution is 2.35. The monoisotopic (exact) mass is 177 g/mol. The number of benzene rings is 1. The van der Waals surface area contributed by atoms with E-state index in [4.69, 9.17) is 4.74 Å². The summed E-state index contributed by atoms with van der Waals surface area (Å²) in [4.78, 5) is 4.47. The smallest absolute Gasteiger partial charge is 0.132 e. The molecule has 1 aliphatic heterocycles. The van der Waals surface area contributed by atoms with Crippen LogP contribution in [0.3, 0.4) is 0 Å². The molecule has 0 spiro atoms. The molecule has 1 aliphatic rings. The predicted molar refractivity (Wildman–Crippen MR) is 48.3 cm³/mol. The Morgan fingerprint density at radius 1 is 1.42 bits per heavy atom. The Hall–Kier alpha value is -0.930. The van der Waals surface area contributed by atoms with Crippen molar-refractivity contribution >= 4 is 21.6 Å². The molecule has 3 heteroatoms. The number of ether oxygens (including phenoxy) is 1. The second kappa shape index (κ2) is 2.28. The van der Waals surface area contributed by atoms with Gasteiger partial charge in [-0.1, -0.05) is 12.1 Å². The van der Waals surface area contributed by atoms with Crippen LogP contribution in [-0.2, 0) is 4.74 Å². The number of thiazole rings is 1. The van der Waals surface area contributed by atoms with Crippen LogP contribution < -0.4 is 0 Å². The van der Waals surface area contributed by atoms with Crippen molar-refractivity contribution in [2.24, 2.45) is 0 Å². The molecule has 2 nitrogen and oxygen atoms in total. The Balaban J connectivity index is 2.23. The van der Waals surface area contributed by atoms with Crippen LogP contribution in [0.15, 0.2) is 24.3 Å². The van der Waals surface area contributed by atoms with Crippen LogP contribution in [-0.4, -0.2) is 11.6 Å². The first-order chi connectivity index (χ1) is 5.93. The third kappa shape index (κ3) is 0.940. The maximum absolute atomic E-state index is 5.17. The Morgan fingerprint density at radius 2 is 2.25 bits per heavy atom. The largest absolute Gasteiger partial charge is 0.365 e. The van der Waals surface area contributed by atoms with E-state index in [1.807, 2.05) is 18.2 Å². The minimum Gasteiger partial charge on any atom is -0.365 e. The second-order valence-corrected chi connectivity index (χ2v) is 3.90. The molecule has 60 valence electrons. The van der Waals surface area contributed by atoms with Crippen LogP contribution in [0.4, 0.5) is 0 Å². The Morgan fingerprint density at radius 3 is 3.00 bits per heavy atom. The molecular formula is C9H7NOS. The summed E-state index contributed by atoms with van der Waals surface area (Å²) in [6.45, 7) is 0.847. The van der Waals surface area contributed by atoms with E-state index < -0.39 is 0 Å².